The molecule has 0 saturated heterocycles. The molecule has 0 spiro atoms. The van der Waals surface area contributed by atoms with E-state index in [-0.39, 0.29) is 6.04 Å². The molecule has 2 rings (SSSR count). The lowest BCUT2D eigenvalue weighted by Gasteiger charge is -2.23. The second-order valence-corrected chi connectivity index (χ2v) is 5.27. The van der Waals surface area contributed by atoms with Crippen molar-refractivity contribution in [3.8, 4) is 0 Å². The van der Waals surface area contributed by atoms with Crippen LogP contribution in [0.1, 0.15) is 24.6 Å². The number of likely N-dealkylation sites (N-methyl/N-ethyl adjacent to an activating group) is 1. The fourth-order valence-corrected chi connectivity index (χ4v) is 2.00. The van der Waals surface area contributed by atoms with Gasteiger partial charge < -0.3 is 15.1 Å². The summed E-state index contributed by atoms with van der Waals surface area (Å²) in [6, 6.07) is 4.13. The molecule has 2 N–H and O–H groups in total. The molecule has 0 aliphatic heterocycles. The highest BCUT2D eigenvalue weighted by molar-refractivity contribution is 5.79. The summed E-state index contributed by atoms with van der Waals surface area (Å²) in [5.41, 5.74) is 0. The monoisotopic (exact) mass is 264 g/mol. The number of hydrogen-bond donors (Lipinski definition) is 2. The van der Waals surface area contributed by atoms with Crippen LogP contribution >= 0.6 is 0 Å². The molecule has 5 heteroatoms. The van der Waals surface area contributed by atoms with Crippen LogP contribution in [0.15, 0.2) is 27.8 Å². The minimum Gasteiger partial charge on any atom is -0.468 e. The van der Waals surface area contributed by atoms with Crippen molar-refractivity contribution in [2.45, 2.75) is 18.9 Å². The molecule has 0 radical (unpaired) electrons. The van der Waals surface area contributed by atoms with Crippen molar-refractivity contribution in [1.82, 2.24) is 15.5 Å². The van der Waals surface area contributed by atoms with Crippen molar-refractivity contribution in [2.75, 3.05) is 34.2 Å². The quantitative estimate of drug-likeness (QED) is 0.603. The van der Waals surface area contributed by atoms with Gasteiger partial charge in [0.2, 0.25) is 0 Å². The molecule has 1 aliphatic carbocycles. The van der Waals surface area contributed by atoms with Gasteiger partial charge in [0.1, 0.15) is 5.76 Å². The molecule has 5 nitrogen and oxygen atoms in total. The summed E-state index contributed by atoms with van der Waals surface area (Å²) in [5.74, 6) is 2.67. The zero-order valence-corrected chi connectivity index (χ0v) is 12.0. The molecule has 1 fully saturated rings. The maximum absolute atomic E-state index is 5.49. The van der Waals surface area contributed by atoms with E-state index in [1.165, 1.54) is 12.8 Å². The first kappa shape index (κ1) is 13.9. The Morgan fingerprint density at radius 1 is 1.47 bits per heavy atom. The van der Waals surface area contributed by atoms with E-state index < -0.39 is 0 Å². The highest BCUT2D eigenvalue weighted by Crippen LogP contribution is 2.27. The van der Waals surface area contributed by atoms with Crippen LogP contribution in [0.2, 0.25) is 0 Å². The average Bonchev–Trinajstić information content (AvgIpc) is 3.07. The van der Waals surface area contributed by atoms with Crippen LogP contribution in [0.5, 0.6) is 0 Å². The van der Waals surface area contributed by atoms with E-state index in [9.17, 15) is 0 Å². The normalized spacial score (nSPS) is 17.6. The third-order valence-electron chi connectivity index (χ3n) is 3.44. The van der Waals surface area contributed by atoms with Crippen LogP contribution in [-0.4, -0.2) is 45.1 Å². The highest BCUT2D eigenvalue weighted by atomic mass is 16.3. The predicted molar refractivity (Wildman–Crippen MR) is 77.2 cm³/mol. The van der Waals surface area contributed by atoms with Gasteiger partial charge in [-0.1, -0.05) is 0 Å². The van der Waals surface area contributed by atoms with E-state index in [2.05, 4.69) is 34.6 Å². The smallest absolute Gasteiger partial charge is 0.191 e. The van der Waals surface area contributed by atoms with Crippen LogP contribution < -0.4 is 10.6 Å². The van der Waals surface area contributed by atoms with Crippen LogP contribution in [0.3, 0.4) is 0 Å². The molecule has 1 heterocycles. The van der Waals surface area contributed by atoms with Gasteiger partial charge in [-0.15, -0.1) is 0 Å². The van der Waals surface area contributed by atoms with Gasteiger partial charge in [-0.05, 0) is 45.0 Å². The molecular formula is C14H24N4O. The van der Waals surface area contributed by atoms with Gasteiger partial charge >= 0.3 is 0 Å². The lowest BCUT2D eigenvalue weighted by Crippen LogP contribution is -2.42. The SMILES string of the molecule is CN=C(NCC1CC1)NCC(c1ccco1)N(C)C. The number of furan rings is 1. The zero-order valence-electron chi connectivity index (χ0n) is 12.0. The van der Waals surface area contributed by atoms with Crippen LogP contribution in [0.4, 0.5) is 0 Å². The molecule has 106 valence electrons. The van der Waals surface area contributed by atoms with E-state index in [0.29, 0.717) is 0 Å². The molecule has 1 aromatic heterocycles. The first-order chi connectivity index (χ1) is 9.20. The fourth-order valence-electron chi connectivity index (χ4n) is 2.00. The van der Waals surface area contributed by atoms with Crippen molar-refractivity contribution < 1.29 is 4.42 Å². The van der Waals surface area contributed by atoms with Crippen molar-refractivity contribution >= 4 is 5.96 Å². The standard InChI is InChI=1S/C14H24N4O/c1-15-14(16-9-11-6-7-11)17-10-12(18(2)3)13-5-4-8-19-13/h4-5,8,11-12H,6-7,9-10H2,1-3H3,(H2,15,16,17). The lowest BCUT2D eigenvalue weighted by molar-refractivity contribution is 0.258. The van der Waals surface area contributed by atoms with Crippen LogP contribution in [-0.2, 0) is 0 Å². The highest BCUT2D eigenvalue weighted by Gasteiger charge is 2.21. The van der Waals surface area contributed by atoms with E-state index in [1.54, 1.807) is 13.3 Å². The molecule has 1 aromatic rings. The first-order valence-electron chi connectivity index (χ1n) is 6.85. The van der Waals surface area contributed by atoms with E-state index >= 15 is 0 Å². The lowest BCUT2D eigenvalue weighted by atomic mass is 10.2. The number of nitrogens with zero attached hydrogens (tertiary/aromatic N) is 2. The van der Waals surface area contributed by atoms with Crippen LogP contribution in [0.25, 0.3) is 0 Å². The number of nitrogens with one attached hydrogen (secondary N) is 2. The van der Waals surface area contributed by atoms with Gasteiger partial charge in [-0.3, -0.25) is 9.89 Å². The second kappa shape index (κ2) is 6.61. The minimum absolute atomic E-state index is 0.203. The summed E-state index contributed by atoms with van der Waals surface area (Å²) in [6.45, 7) is 1.79. The Kier molecular flexibility index (Phi) is 4.85. The van der Waals surface area contributed by atoms with Gasteiger partial charge in [-0.25, -0.2) is 0 Å². The van der Waals surface area contributed by atoms with Crippen molar-refractivity contribution in [1.29, 1.82) is 0 Å². The third kappa shape index (κ3) is 4.28. The fraction of sp³-hybridized carbons (Fsp3) is 0.643. The maximum Gasteiger partial charge on any atom is 0.191 e. The third-order valence-corrected chi connectivity index (χ3v) is 3.44. The Hall–Kier alpha value is -1.49. The summed E-state index contributed by atoms with van der Waals surface area (Å²) in [7, 11) is 5.91. The predicted octanol–water partition coefficient (Wildman–Crippen LogP) is 1.46. The zero-order chi connectivity index (χ0) is 13.7. The second-order valence-electron chi connectivity index (χ2n) is 5.27. The molecule has 1 unspecified atom stereocenters. The summed E-state index contributed by atoms with van der Waals surface area (Å²) < 4.78 is 5.49. The molecule has 1 saturated carbocycles. The first-order valence-corrected chi connectivity index (χ1v) is 6.85. The number of aliphatic imine (C=N–C) groups is 1. The Labute approximate surface area is 115 Å². The molecular weight excluding hydrogens is 240 g/mol. The van der Waals surface area contributed by atoms with Gasteiger partial charge in [0, 0.05) is 20.1 Å². The summed E-state index contributed by atoms with van der Waals surface area (Å²) in [6.07, 6.45) is 4.40. The average molecular weight is 264 g/mol. The number of hydrogen-bond acceptors (Lipinski definition) is 3. The summed E-state index contributed by atoms with van der Waals surface area (Å²) in [4.78, 5) is 6.38. The topological polar surface area (TPSA) is 52.8 Å². The largest absolute Gasteiger partial charge is 0.468 e. The van der Waals surface area contributed by atoms with Gasteiger partial charge in [-0.2, -0.15) is 0 Å². The van der Waals surface area contributed by atoms with Crippen molar-refractivity contribution in [3.05, 3.63) is 24.2 Å². The molecule has 1 aliphatic rings. The van der Waals surface area contributed by atoms with Gasteiger partial charge in [0.25, 0.3) is 0 Å². The molecule has 1 atom stereocenters. The summed E-state index contributed by atoms with van der Waals surface area (Å²) in [5, 5.41) is 6.72. The molecule has 0 bridgehead atoms. The molecule has 0 amide bonds. The Morgan fingerprint density at radius 2 is 2.26 bits per heavy atom. The van der Waals surface area contributed by atoms with E-state index in [0.717, 1.165) is 30.7 Å². The Morgan fingerprint density at radius 3 is 2.79 bits per heavy atom. The van der Waals surface area contributed by atoms with Crippen molar-refractivity contribution in [3.63, 3.8) is 0 Å². The van der Waals surface area contributed by atoms with Crippen LogP contribution in [0, 0.1) is 5.92 Å². The maximum atomic E-state index is 5.49. The summed E-state index contributed by atoms with van der Waals surface area (Å²) >= 11 is 0. The Bertz CT molecular complexity index is 396. The number of rotatable bonds is 6. The van der Waals surface area contributed by atoms with Gasteiger partial charge in [0.15, 0.2) is 5.96 Å². The minimum atomic E-state index is 0.203. The molecule has 0 aromatic carbocycles. The van der Waals surface area contributed by atoms with E-state index in [4.69, 9.17) is 4.42 Å². The number of guanidine groups is 1. The van der Waals surface area contributed by atoms with Gasteiger partial charge in [0.05, 0.1) is 12.3 Å². The van der Waals surface area contributed by atoms with E-state index in [1.807, 2.05) is 12.1 Å². The Balaban J connectivity index is 1.83. The van der Waals surface area contributed by atoms with Crippen molar-refractivity contribution in [2.24, 2.45) is 10.9 Å². The molecule has 19 heavy (non-hydrogen) atoms.